The number of aliphatic hydroxyl groups is 1. The van der Waals surface area contributed by atoms with Crippen LogP contribution in [0.5, 0.6) is 0 Å². The van der Waals surface area contributed by atoms with Crippen molar-refractivity contribution in [3.8, 4) is 0 Å². The van der Waals surface area contributed by atoms with Gasteiger partial charge in [-0.1, -0.05) is 6.07 Å². The van der Waals surface area contributed by atoms with Crippen molar-refractivity contribution in [3.05, 3.63) is 47.5 Å². The molecule has 2 aromatic rings. The fraction of sp³-hybridized carbons (Fsp3) is 0.474. The van der Waals surface area contributed by atoms with Gasteiger partial charge in [-0.25, -0.2) is 4.98 Å². The van der Waals surface area contributed by atoms with E-state index in [1.807, 2.05) is 19.2 Å². The highest BCUT2D eigenvalue weighted by Gasteiger charge is 2.38. The molecule has 3 N–H and O–H groups in total. The quantitative estimate of drug-likeness (QED) is 0.692. The lowest BCUT2D eigenvalue weighted by Crippen LogP contribution is -2.40. The monoisotopic (exact) mass is 371 g/mol. The number of pyridine rings is 1. The molecule has 2 amide bonds. The number of likely N-dealkylation sites (N-methyl/N-ethyl adjacent to an activating group) is 1. The summed E-state index contributed by atoms with van der Waals surface area (Å²) in [6, 6.07) is 4.77. The Morgan fingerprint density at radius 3 is 2.89 bits per heavy atom. The number of carbonyl (C=O) groups excluding carboxylic acids is 2. The fourth-order valence-electron chi connectivity index (χ4n) is 3.42. The van der Waals surface area contributed by atoms with Crippen LogP contribution in [-0.2, 0) is 11.2 Å². The van der Waals surface area contributed by atoms with Crippen molar-refractivity contribution in [1.82, 2.24) is 25.4 Å². The summed E-state index contributed by atoms with van der Waals surface area (Å²) in [6.45, 7) is 2.39. The van der Waals surface area contributed by atoms with E-state index in [0.29, 0.717) is 31.5 Å². The van der Waals surface area contributed by atoms with E-state index in [0.717, 1.165) is 11.3 Å². The molecule has 3 rings (SSSR count). The minimum absolute atomic E-state index is 0.0111. The van der Waals surface area contributed by atoms with Gasteiger partial charge in [-0.15, -0.1) is 0 Å². The van der Waals surface area contributed by atoms with Gasteiger partial charge in [0.1, 0.15) is 5.69 Å². The van der Waals surface area contributed by atoms with E-state index < -0.39 is 12.1 Å². The van der Waals surface area contributed by atoms with Gasteiger partial charge >= 0.3 is 0 Å². The van der Waals surface area contributed by atoms with Gasteiger partial charge in [0, 0.05) is 31.4 Å². The topological polar surface area (TPSA) is 111 Å². The van der Waals surface area contributed by atoms with Crippen LogP contribution in [0.1, 0.15) is 34.6 Å². The Hall–Kier alpha value is -2.74. The van der Waals surface area contributed by atoms with Gasteiger partial charge in [-0.05, 0) is 43.9 Å². The third kappa shape index (κ3) is 4.71. The molecule has 1 aliphatic carbocycles. The molecule has 0 radical (unpaired) electrons. The molecule has 2 aromatic heterocycles. The number of aryl methyl sites for hydroxylation is 1. The van der Waals surface area contributed by atoms with Crippen molar-refractivity contribution in [3.63, 3.8) is 0 Å². The molecule has 3 atom stereocenters. The summed E-state index contributed by atoms with van der Waals surface area (Å²) in [5.74, 6) is -0.641. The third-order valence-electron chi connectivity index (χ3n) is 4.98. The third-order valence-corrected chi connectivity index (χ3v) is 4.98. The van der Waals surface area contributed by atoms with Crippen LogP contribution in [0.15, 0.2) is 30.6 Å². The normalized spacial score (nSPS) is 21.8. The maximum atomic E-state index is 12.7. The first kappa shape index (κ1) is 19.0. The molecule has 0 aromatic carbocycles. The molecule has 0 unspecified atom stereocenters. The Bertz CT molecular complexity index is 792. The molecule has 8 nitrogen and oxygen atoms in total. The van der Waals surface area contributed by atoms with Crippen LogP contribution in [0.25, 0.3) is 0 Å². The van der Waals surface area contributed by atoms with Crippen molar-refractivity contribution < 1.29 is 14.7 Å². The minimum atomic E-state index is -0.741. The molecule has 0 aliphatic heterocycles. The molecule has 0 saturated heterocycles. The number of aliphatic hydroxyl groups excluding tert-OH is 1. The van der Waals surface area contributed by atoms with Crippen molar-refractivity contribution in [1.29, 1.82) is 0 Å². The van der Waals surface area contributed by atoms with E-state index in [1.165, 1.54) is 0 Å². The molecule has 1 aliphatic rings. The largest absolute Gasteiger partial charge is 0.391 e. The van der Waals surface area contributed by atoms with Crippen molar-refractivity contribution >= 4 is 11.8 Å². The molecule has 1 saturated carbocycles. The number of aromatic nitrogens is 3. The zero-order valence-corrected chi connectivity index (χ0v) is 15.6. The maximum Gasteiger partial charge on any atom is 0.270 e. The summed E-state index contributed by atoms with van der Waals surface area (Å²) in [5.41, 5.74) is 2.10. The van der Waals surface area contributed by atoms with Gasteiger partial charge in [-0.3, -0.25) is 14.7 Å². The van der Waals surface area contributed by atoms with Gasteiger partial charge < -0.3 is 15.3 Å². The number of nitrogens with one attached hydrogen (secondary N) is 2. The van der Waals surface area contributed by atoms with Gasteiger partial charge in [0.25, 0.3) is 5.91 Å². The molecule has 1 fully saturated rings. The summed E-state index contributed by atoms with van der Waals surface area (Å²) < 4.78 is 0. The number of hydrogen-bond donors (Lipinski definition) is 3. The van der Waals surface area contributed by atoms with Gasteiger partial charge in [-0.2, -0.15) is 5.10 Å². The molecule has 8 heteroatoms. The number of rotatable bonds is 6. The van der Waals surface area contributed by atoms with E-state index in [9.17, 15) is 14.7 Å². The SMILES string of the molecule is Cc1cccc(C(=O)N[C@H]2C[C@H](C(=O)N(C)CCc3cn[nH]c3)C[C@@H]2O)n1. The Balaban J connectivity index is 1.53. The van der Waals surface area contributed by atoms with E-state index in [-0.39, 0.29) is 17.7 Å². The van der Waals surface area contributed by atoms with Crippen LogP contribution in [0.3, 0.4) is 0 Å². The Labute approximate surface area is 158 Å². The average molecular weight is 371 g/mol. The molecule has 144 valence electrons. The zero-order chi connectivity index (χ0) is 19.4. The first-order chi connectivity index (χ1) is 12.9. The van der Waals surface area contributed by atoms with Crippen LogP contribution in [0.2, 0.25) is 0 Å². The number of H-pyrrole nitrogens is 1. The second kappa shape index (κ2) is 8.30. The number of aromatic amines is 1. The molecule has 27 heavy (non-hydrogen) atoms. The molecule has 0 spiro atoms. The lowest BCUT2D eigenvalue weighted by Gasteiger charge is -2.21. The van der Waals surface area contributed by atoms with Crippen LogP contribution in [0, 0.1) is 12.8 Å². The van der Waals surface area contributed by atoms with E-state index >= 15 is 0 Å². The molecule has 0 bridgehead atoms. The maximum absolute atomic E-state index is 12.7. The van der Waals surface area contributed by atoms with Crippen LogP contribution in [-0.4, -0.2) is 62.7 Å². The van der Waals surface area contributed by atoms with E-state index in [1.54, 1.807) is 30.3 Å². The second-order valence-corrected chi connectivity index (χ2v) is 7.10. The predicted molar refractivity (Wildman–Crippen MR) is 98.9 cm³/mol. The summed E-state index contributed by atoms with van der Waals surface area (Å²) in [5, 5.41) is 19.8. The Morgan fingerprint density at radius 2 is 2.19 bits per heavy atom. The van der Waals surface area contributed by atoms with Crippen LogP contribution in [0.4, 0.5) is 0 Å². The first-order valence-electron chi connectivity index (χ1n) is 9.09. The summed E-state index contributed by atoms with van der Waals surface area (Å²) >= 11 is 0. The first-order valence-corrected chi connectivity index (χ1v) is 9.09. The zero-order valence-electron chi connectivity index (χ0n) is 15.6. The van der Waals surface area contributed by atoms with E-state index in [4.69, 9.17) is 0 Å². The predicted octanol–water partition coefficient (Wildman–Crippen LogP) is 0.684. The minimum Gasteiger partial charge on any atom is -0.391 e. The second-order valence-electron chi connectivity index (χ2n) is 7.10. The average Bonchev–Trinajstić information content (AvgIpc) is 3.29. The highest BCUT2D eigenvalue weighted by Crippen LogP contribution is 2.28. The number of hydrogen-bond acceptors (Lipinski definition) is 5. The summed E-state index contributed by atoms with van der Waals surface area (Å²) in [4.78, 5) is 30.9. The van der Waals surface area contributed by atoms with Gasteiger partial charge in [0.05, 0.1) is 18.3 Å². The number of nitrogens with zero attached hydrogens (tertiary/aromatic N) is 3. The van der Waals surface area contributed by atoms with Crippen LogP contribution >= 0.6 is 0 Å². The smallest absolute Gasteiger partial charge is 0.270 e. The number of carbonyl (C=O) groups is 2. The lowest BCUT2D eigenvalue weighted by molar-refractivity contribution is -0.134. The summed E-state index contributed by atoms with van der Waals surface area (Å²) in [7, 11) is 1.76. The molecular formula is C19H25N5O3. The highest BCUT2D eigenvalue weighted by atomic mass is 16.3. The standard InChI is InChI=1S/C19H25N5O3/c1-12-4-3-5-15(22-12)18(26)23-16-8-14(9-17(16)25)19(27)24(2)7-6-13-10-20-21-11-13/h3-5,10-11,14,16-17,25H,6-9H2,1-2H3,(H,20,21)(H,23,26)/t14-,16-,17-/m0/s1. The fourth-order valence-corrected chi connectivity index (χ4v) is 3.42. The summed E-state index contributed by atoms with van der Waals surface area (Å²) in [6.07, 6.45) is 4.29. The Kier molecular flexibility index (Phi) is 5.85. The van der Waals surface area contributed by atoms with Gasteiger partial charge in [0.2, 0.25) is 5.91 Å². The highest BCUT2D eigenvalue weighted by molar-refractivity contribution is 5.92. The lowest BCUT2D eigenvalue weighted by atomic mass is 10.1. The van der Waals surface area contributed by atoms with Crippen molar-refractivity contribution in [2.24, 2.45) is 5.92 Å². The van der Waals surface area contributed by atoms with Crippen LogP contribution < -0.4 is 5.32 Å². The van der Waals surface area contributed by atoms with E-state index in [2.05, 4.69) is 20.5 Å². The Morgan fingerprint density at radius 1 is 1.37 bits per heavy atom. The molecule has 2 heterocycles. The van der Waals surface area contributed by atoms with Gasteiger partial charge in [0.15, 0.2) is 0 Å². The molecular weight excluding hydrogens is 346 g/mol. The van der Waals surface area contributed by atoms with Crippen molar-refractivity contribution in [2.45, 2.75) is 38.3 Å². The van der Waals surface area contributed by atoms with Crippen molar-refractivity contribution in [2.75, 3.05) is 13.6 Å². The number of amides is 2.